The summed E-state index contributed by atoms with van der Waals surface area (Å²) < 4.78 is 0.811. The van der Waals surface area contributed by atoms with Crippen LogP contribution in [0.15, 0.2) is 16.7 Å². The number of aromatic nitrogens is 1. The van der Waals surface area contributed by atoms with Crippen LogP contribution in [0.5, 0.6) is 0 Å². The average Bonchev–Trinajstić information content (AvgIpc) is 2.99. The molecule has 1 aliphatic rings. The monoisotopic (exact) mass is 354 g/mol. The minimum absolute atomic E-state index is 0.0684. The zero-order valence-corrected chi connectivity index (χ0v) is 14.1. The van der Waals surface area contributed by atoms with E-state index >= 15 is 0 Å². The van der Waals surface area contributed by atoms with E-state index in [1.54, 1.807) is 12.3 Å². The van der Waals surface area contributed by atoms with Crippen molar-refractivity contribution in [2.24, 2.45) is 0 Å². The first-order valence-electron chi connectivity index (χ1n) is 7.60. The van der Waals surface area contributed by atoms with Gasteiger partial charge in [0, 0.05) is 23.8 Å². The van der Waals surface area contributed by atoms with Crippen LogP contribution >= 0.6 is 15.9 Å². The highest BCUT2D eigenvalue weighted by Gasteiger charge is 2.14. The van der Waals surface area contributed by atoms with Crippen molar-refractivity contribution in [2.45, 2.75) is 26.2 Å². The summed E-state index contributed by atoms with van der Waals surface area (Å²) in [4.78, 5) is 19.0. The van der Waals surface area contributed by atoms with Crippen molar-refractivity contribution in [3.05, 3.63) is 22.3 Å². The van der Waals surface area contributed by atoms with Gasteiger partial charge in [-0.2, -0.15) is 0 Å². The first-order chi connectivity index (χ1) is 10.2. The molecule has 1 aliphatic heterocycles. The largest absolute Gasteiger partial charge is 0.370 e. The molecule has 0 spiro atoms. The molecule has 1 amide bonds. The van der Waals surface area contributed by atoms with Gasteiger partial charge < -0.3 is 15.5 Å². The van der Waals surface area contributed by atoms with E-state index < -0.39 is 0 Å². The van der Waals surface area contributed by atoms with E-state index in [0.29, 0.717) is 17.9 Å². The number of rotatable bonds is 7. The molecule has 0 bridgehead atoms. The highest BCUT2D eigenvalue weighted by atomic mass is 79.9. The van der Waals surface area contributed by atoms with Crippen LogP contribution in [0.3, 0.4) is 0 Å². The van der Waals surface area contributed by atoms with Crippen molar-refractivity contribution in [1.82, 2.24) is 15.2 Å². The van der Waals surface area contributed by atoms with E-state index in [1.807, 2.05) is 6.92 Å². The number of pyridine rings is 1. The number of halogens is 1. The first kappa shape index (κ1) is 16.2. The summed E-state index contributed by atoms with van der Waals surface area (Å²) >= 11 is 3.37. The third-order valence-corrected chi connectivity index (χ3v) is 4.01. The lowest BCUT2D eigenvalue weighted by Crippen LogP contribution is -2.29. The van der Waals surface area contributed by atoms with E-state index in [-0.39, 0.29) is 5.91 Å². The summed E-state index contributed by atoms with van der Waals surface area (Å²) in [5.41, 5.74) is 0.590. The second-order valence-corrected chi connectivity index (χ2v) is 6.15. The SMILES string of the molecule is CCNc1ncc(Br)cc1C(=O)NCCCN1CCCC1. The predicted octanol–water partition coefficient (Wildman–Crippen LogP) is 2.49. The third kappa shape index (κ3) is 4.97. The lowest BCUT2D eigenvalue weighted by Gasteiger charge is -2.15. The Morgan fingerprint density at radius 2 is 2.19 bits per heavy atom. The summed E-state index contributed by atoms with van der Waals surface area (Å²) in [5.74, 6) is 0.568. The molecular formula is C15H23BrN4O. The third-order valence-electron chi connectivity index (χ3n) is 3.58. The Bertz CT molecular complexity index is 475. The number of amides is 1. The topological polar surface area (TPSA) is 57.3 Å². The standard InChI is InChI=1S/C15H23BrN4O/c1-2-17-14-13(10-12(16)11-19-14)15(21)18-6-5-9-20-7-3-4-8-20/h10-11H,2-9H2,1H3,(H,17,19)(H,18,21). The average molecular weight is 355 g/mol. The van der Waals surface area contributed by atoms with Gasteiger partial charge in [0.1, 0.15) is 5.82 Å². The molecule has 0 unspecified atom stereocenters. The van der Waals surface area contributed by atoms with Crippen LogP contribution in [0.1, 0.15) is 36.5 Å². The molecule has 6 heteroatoms. The number of carbonyl (C=O) groups excluding carboxylic acids is 1. The Labute approximate surface area is 134 Å². The lowest BCUT2D eigenvalue weighted by molar-refractivity contribution is 0.0952. The Morgan fingerprint density at radius 1 is 1.43 bits per heavy atom. The molecule has 2 heterocycles. The van der Waals surface area contributed by atoms with Gasteiger partial charge in [-0.15, -0.1) is 0 Å². The summed E-state index contributed by atoms with van der Waals surface area (Å²) in [7, 11) is 0. The van der Waals surface area contributed by atoms with Gasteiger partial charge in [-0.25, -0.2) is 4.98 Å². The fourth-order valence-electron chi connectivity index (χ4n) is 2.53. The molecule has 116 valence electrons. The zero-order valence-electron chi connectivity index (χ0n) is 12.5. The van der Waals surface area contributed by atoms with Gasteiger partial charge in [0.15, 0.2) is 0 Å². The molecule has 21 heavy (non-hydrogen) atoms. The predicted molar refractivity (Wildman–Crippen MR) is 88.7 cm³/mol. The minimum Gasteiger partial charge on any atom is -0.370 e. The van der Waals surface area contributed by atoms with Crippen LogP contribution in [0, 0.1) is 0 Å². The van der Waals surface area contributed by atoms with Crippen LogP contribution in [0.2, 0.25) is 0 Å². The number of anilines is 1. The second-order valence-electron chi connectivity index (χ2n) is 5.24. The molecule has 1 aromatic heterocycles. The van der Waals surface area contributed by atoms with Crippen LogP contribution in [-0.4, -0.2) is 48.5 Å². The Balaban J connectivity index is 1.82. The number of nitrogens with one attached hydrogen (secondary N) is 2. The fourth-order valence-corrected chi connectivity index (χ4v) is 2.86. The maximum atomic E-state index is 12.3. The zero-order chi connectivity index (χ0) is 15.1. The Kier molecular flexibility index (Phi) is 6.45. The van der Waals surface area contributed by atoms with Gasteiger partial charge in [0.05, 0.1) is 5.56 Å². The number of hydrogen-bond acceptors (Lipinski definition) is 4. The maximum Gasteiger partial charge on any atom is 0.255 e. The van der Waals surface area contributed by atoms with E-state index in [1.165, 1.54) is 25.9 Å². The van der Waals surface area contributed by atoms with Crippen molar-refractivity contribution in [1.29, 1.82) is 0 Å². The quantitative estimate of drug-likeness (QED) is 0.738. The molecule has 0 aromatic carbocycles. The molecule has 0 saturated carbocycles. The summed E-state index contributed by atoms with van der Waals surface area (Å²) in [5, 5.41) is 6.10. The summed E-state index contributed by atoms with van der Waals surface area (Å²) in [6.07, 6.45) is 5.30. The molecule has 5 nitrogen and oxygen atoms in total. The van der Waals surface area contributed by atoms with Crippen LogP contribution < -0.4 is 10.6 Å². The van der Waals surface area contributed by atoms with E-state index in [9.17, 15) is 4.79 Å². The second kappa shape index (κ2) is 8.34. The van der Waals surface area contributed by atoms with Crippen molar-refractivity contribution in [3.8, 4) is 0 Å². The Hall–Kier alpha value is -1.14. The molecule has 0 atom stereocenters. The highest BCUT2D eigenvalue weighted by molar-refractivity contribution is 9.10. The maximum absolute atomic E-state index is 12.3. The highest BCUT2D eigenvalue weighted by Crippen LogP contribution is 2.17. The van der Waals surface area contributed by atoms with Crippen molar-refractivity contribution >= 4 is 27.7 Å². The number of likely N-dealkylation sites (tertiary alicyclic amines) is 1. The first-order valence-corrected chi connectivity index (χ1v) is 8.40. The lowest BCUT2D eigenvalue weighted by atomic mass is 10.2. The molecule has 0 radical (unpaired) electrons. The summed E-state index contributed by atoms with van der Waals surface area (Å²) in [6, 6.07) is 1.81. The van der Waals surface area contributed by atoms with Gasteiger partial charge in [-0.1, -0.05) is 0 Å². The van der Waals surface area contributed by atoms with Gasteiger partial charge >= 0.3 is 0 Å². The van der Waals surface area contributed by atoms with Crippen molar-refractivity contribution < 1.29 is 4.79 Å². The molecular weight excluding hydrogens is 332 g/mol. The van der Waals surface area contributed by atoms with Gasteiger partial charge in [0.25, 0.3) is 5.91 Å². The van der Waals surface area contributed by atoms with Crippen LogP contribution in [-0.2, 0) is 0 Å². The smallest absolute Gasteiger partial charge is 0.255 e. The molecule has 2 rings (SSSR count). The Morgan fingerprint density at radius 3 is 2.90 bits per heavy atom. The number of hydrogen-bond donors (Lipinski definition) is 2. The molecule has 1 saturated heterocycles. The van der Waals surface area contributed by atoms with E-state index in [4.69, 9.17) is 0 Å². The number of carbonyl (C=O) groups is 1. The summed E-state index contributed by atoms with van der Waals surface area (Å²) in [6.45, 7) is 6.90. The normalized spacial score (nSPS) is 15.1. The molecule has 2 N–H and O–H groups in total. The molecule has 1 aromatic rings. The molecule has 1 fully saturated rings. The van der Waals surface area contributed by atoms with Crippen LogP contribution in [0.4, 0.5) is 5.82 Å². The van der Waals surface area contributed by atoms with E-state index in [0.717, 1.165) is 24.0 Å². The van der Waals surface area contributed by atoms with Gasteiger partial charge in [-0.3, -0.25) is 4.79 Å². The van der Waals surface area contributed by atoms with Crippen molar-refractivity contribution in [3.63, 3.8) is 0 Å². The molecule has 0 aliphatic carbocycles. The number of nitrogens with zero attached hydrogens (tertiary/aromatic N) is 2. The minimum atomic E-state index is -0.0684. The van der Waals surface area contributed by atoms with Gasteiger partial charge in [-0.05, 0) is 67.8 Å². The van der Waals surface area contributed by atoms with Crippen LogP contribution in [0.25, 0.3) is 0 Å². The van der Waals surface area contributed by atoms with Crippen molar-refractivity contribution in [2.75, 3.05) is 38.0 Å². The van der Waals surface area contributed by atoms with E-state index in [2.05, 4.69) is 36.4 Å². The fraction of sp³-hybridized carbons (Fsp3) is 0.600. The van der Waals surface area contributed by atoms with Gasteiger partial charge in [0.2, 0.25) is 0 Å².